The molecule has 0 bridgehead atoms. The number of nitrogens with one attached hydrogen (secondary N) is 1. The van der Waals surface area contributed by atoms with Crippen molar-refractivity contribution in [2.24, 2.45) is 5.73 Å². The summed E-state index contributed by atoms with van der Waals surface area (Å²) in [5.41, 5.74) is 5.89. The number of rotatable bonds is 5. The molecule has 1 rings (SSSR count). The highest BCUT2D eigenvalue weighted by Crippen LogP contribution is 2.27. The van der Waals surface area contributed by atoms with Crippen LogP contribution in [0.2, 0.25) is 0 Å². The SMILES string of the molecule is CCC(C(N)=S)S(=O)(=O)Nc1ccc(Br)cc1Br. The molecule has 0 aromatic heterocycles. The average molecular weight is 416 g/mol. The Morgan fingerprint density at radius 1 is 1.50 bits per heavy atom. The Labute approximate surface area is 129 Å². The van der Waals surface area contributed by atoms with Crippen molar-refractivity contribution < 1.29 is 8.42 Å². The van der Waals surface area contributed by atoms with Gasteiger partial charge in [-0.3, -0.25) is 4.72 Å². The van der Waals surface area contributed by atoms with Gasteiger partial charge in [-0.25, -0.2) is 8.42 Å². The Balaban J connectivity index is 3.05. The molecule has 0 spiro atoms. The molecular weight excluding hydrogens is 404 g/mol. The number of hydrogen-bond acceptors (Lipinski definition) is 3. The second-order valence-electron chi connectivity index (χ2n) is 3.57. The highest BCUT2D eigenvalue weighted by molar-refractivity contribution is 9.11. The fourth-order valence-corrected chi connectivity index (χ4v) is 4.57. The first-order chi connectivity index (χ1) is 8.27. The van der Waals surface area contributed by atoms with Crippen molar-refractivity contribution in [3.63, 3.8) is 0 Å². The summed E-state index contributed by atoms with van der Waals surface area (Å²) >= 11 is 11.4. The molecule has 0 fully saturated rings. The maximum atomic E-state index is 12.1. The third-order valence-corrected chi connectivity index (χ3v) is 5.67. The molecule has 3 N–H and O–H groups in total. The molecule has 0 aliphatic rings. The van der Waals surface area contributed by atoms with E-state index in [2.05, 4.69) is 36.6 Å². The summed E-state index contributed by atoms with van der Waals surface area (Å²) in [4.78, 5) is -0.0294. The molecular formula is C10H12Br2N2O2S2. The lowest BCUT2D eigenvalue weighted by Crippen LogP contribution is -2.37. The first kappa shape index (κ1) is 15.9. The van der Waals surface area contributed by atoms with E-state index in [1.165, 1.54) is 0 Å². The zero-order valence-corrected chi connectivity index (χ0v) is 14.3. The van der Waals surface area contributed by atoms with E-state index in [1.807, 2.05) is 0 Å². The molecule has 8 heteroatoms. The largest absolute Gasteiger partial charge is 0.392 e. The standard InChI is InChI=1S/C10H12Br2N2O2S2/c1-2-9(10(13)17)18(15,16)14-8-4-3-6(11)5-7(8)12/h3-5,9,14H,2H2,1H3,(H2,13,17). The van der Waals surface area contributed by atoms with Crippen molar-refractivity contribution in [3.8, 4) is 0 Å². The zero-order valence-electron chi connectivity index (χ0n) is 9.48. The van der Waals surface area contributed by atoms with Gasteiger partial charge < -0.3 is 5.73 Å². The average Bonchev–Trinajstić information content (AvgIpc) is 2.22. The second-order valence-corrected chi connectivity index (χ2v) is 7.68. The topological polar surface area (TPSA) is 72.2 Å². The summed E-state index contributed by atoms with van der Waals surface area (Å²) in [6.07, 6.45) is 0.332. The molecule has 0 saturated heterocycles. The number of halogens is 2. The lowest BCUT2D eigenvalue weighted by Gasteiger charge is -2.16. The number of hydrogen-bond donors (Lipinski definition) is 2. The maximum Gasteiger partial charge on any atom is 0.242 e. The van der Waals surface area contributed by atoms with Crippen LogP contribution >= 0.6 is 44.1 Å². The summed E-state index contributed by atoms with van der Waals surface area (Å²) in [5, 5.41) is -0.872. The molecule has 0 aliphatic heterocycles. The molecule has 4 nitrogen and oxygen atoms in total. The van der Waals surface area contributed by atoms with E-state index in [-0.39, 0.29) is 4.99 Å². The Hall–Kier alpha value is -0.180. The number of anilines is 1. The van der Waals surface area contributed by atoms with E-state index < -0.39 is 15.3 Å². The Kier molecular flexibility index (Phi) is 5.57. The van der Waals surface area contributed by atoms with Crippen molar-refractivity contribution in [2.45, 2.75) is 18.6 Å². The monoisotopic (exact) mass is 414 g/mol. The summed E-state index contributed by atoms with van der Waals surface area (Å²) < 4.78 is 28.2. The van der Waals surface area contributed by atoms with Crippen LogP contribution in [0.3, 0.4) is 0 Å². The van der Waals surface area contributed by atoms with Crippen LogP contribution in [-0.4, -0.2) is 18.7 Å². The Bertz CT molecular complexity index is 561. The third kappa shape index (κ3) is 3.91. The summed E-state index contributed by atoms with van der Waals surface area (Å²) in [5.74, 6) is 0. The van der Waals surface area contributed by atoms with Crippen LogP contribution in [0.5, 0.6) is 0 Å². The quantitative estimate of drug-likeness (QED) is 0.725. The lowest BCUT2D eigenvalue weighted by atomic mass is 10.3. The van der Waals surface area contributed by atoms with Gasteiger partial charge in [0.2, 0.25) is 10.0 Å². The number of nitrogens with two attached hydrogens (primary N) is 1. The first-order valence-corrected chi connectivity index (χ1v) is 8.58. The minimum atomic E-state index is -3.62. The predicted octanol–water partition coefficient (Wildman–Crippen LogP) is 3.02. The van der Waals surface area contributed by atoms with Gasteiger partial charge in [-0.2, -0.15) is 0 Å². The van der Waals surface area contributed by atoms with Crippen LogP contribution in [0.25, 0.3) is 0 Å². The Morgan fingerprint density at radius 3 is 2.56 bits per heavy atom. The van der Waals surface area contributed by atoms with Gasteiger partial charge in [0.15, 0.2) is 0 Å². The summed E-state index contributed by atoms with van der Waals surface area (Å²) in [6.45, 7) is 1.72. The van der Waals surface area contributed by atoms with Crippen molar-refractivity contribution in [1.82, 2.24) is 0 Å². The van der Waals surface area contributed by atoms with Gasteiger partial charge in [-0.1, -0.05) is 35.1 Å². The Morgan fingerprint density at radius 2 is 2.11 bits per heavy atom. The zero-order chi connectivity index (χ0) is 13.9. The number of thiocarbonyl (C=S) groups is 1. The minimum Gasteiger partial charge on any atom is -0.392 e. The van der Waals surface area contributed by atoms with Gasteiger partial charge in [0, 0.05) is 8.95 Å². The number of benzene rings is 1. The smallest absolute Gasteiger partial charge is 0.242 e. The van der Waals surface area contributed by atoms with E-state index in [0.29, 0.717) is 16.6 Å². The fourth-order valence-electron chi connectivity index (χ4n) is 1.37. The second kappa shape index (κ2) is 6.31. The van der Waals surface area contributed by atoms with Crippen LogP contribution in [0, 0.1) is 0 Å². The van der Waals surface area contributed by atoms with Crippen LogP contribution in [-0.2, 0) is 10.0 Å². The molecule has 1 aromatic carbocycles. The minimum absolute atomic E-state index is 0.0294. The van der Waals surface area contributed by atoms with Crippen LogP contribution in [0.15, 0.2) is 27.1 Å². The maximum absolute atomic E-state index is 12.1. The van der Waals surface area contributed by atoms with Crippen molar-refractivity contribution in [1.29, 1.82) is 0 Å². The van der Waals surface area contributed by atoms with Crippen LogP contribution < -0.4 is 10.5 Å². The van der Waals surface area contributed by atoms with Gasteiger partial charge in [0.25, 0.3) is 0 Å². The predicted molar refractivity (Wildman–Crippen MR) is 85.2 cm³/mol. The van der Waals surface area contributed by atoms with Crippen molar-refractivity contribution >= 4 is 64.8 Å². The normalized spacial score (nSPS) is 13.1. The molecule has 0 radical (unpaired) electrons. The molecule has 0 aliphatic carbocycles. The summed E-state index contributed by atoms with van der Waals surface area (Å²) in [7, 11) is -3.62. The van der Waals surface area contributed by atoms with Gasteiger partial charge in [0.1, 0.15) is 5.25 Å². The molecule has 1 unspecified atom stereocenters. The highest BCUT2D eigenvalue weighted by atomic mass is 79.9. The third-order valence-electron chi connectivity index (χ3n) is 2.25. The van der Waals surface area contributed by atoms with E-state index in [9.17, 15) is 8.42 Å². The lowest BCUT2D eigenvalue weighted by molar-refractivity contribution is 0.594. The van der Waals surface area contributed by atoms with E-state index in [1.54, 1.807) is 25.1 Å². The van der Waals surface area contributed by atoms with Gasteiger partial charge in [0.05, 0.1) is 10.7 Å². The summed E-state index contributed by atoms with van der Waals surface area (Å²) in [6, 6.07) is 5.14. The first-order valence-electron chi connectivity index (χ1n) is 5.04. The van der Waals surface area contributed by atoms with Gasteiger partial charge in [-0.05, 0) is 40.5 Å². The van der Waals surface area contributed by atoms with E-state index in [4.69, 9.17) is 18.0 Å². The van der Waals surface area contributed by atoms with Gasteiger partial charge in [-0.15, -0.1) is 0 Å². The molecule has 1 aromatic rings. The molecule has 100 valence electrons. The van der Waals surface area contributed by atoms with E-state index in [0.717, 1.165) is 4.47 Å². The van der Waals surface area contributed by atoms with Crippen LogP contribution in [0.1, 0.15) is 13.3 Å². The van der Waals surface area contributed by atoms with Crippen molar-refractivity contribution in [2.75, 3.05) is 4.72 Å². The highest BCUT2D eigenvalue weighted by Gasteiger charge is 2.26. The van der Waals surface area contributed by atoms with Gasteiger partial charge >= 0.3 is 0 Å². The molecule has 0 heterocycles. The molecule has 1 atom stereocenters. The van der Waals surface area contributed by atoms with Crippen molar-refractivity contribution in [3.05, 3.63) is 27.1 Å². The number of sulfonamides is 1. The molecule has 0 saturated carbocycles. The molecule has 0 amide bonds. The van der Waals surface area contributed by atoms with Crippen LogP contribution in [0.4, 0.5) is 5.69 Å². The fraction of sp³-hybridized carbons (Fsp3) is 0.300. The molecule has 18 heavy (non-hydrogen) atoms. The van der Waals surface area contributed by atoms with E-state index >= 15 is 0 Å².